The molecular formula is C15H18N4. The van der Waals surface area contributed by atoms with Crippen LogP contribution in [0.5, 0.6) is 0 Å². The lowest BCUT2D eigenvalue weighted by molar-refractivity contribution is 0.258. The molecule has 1 fully saturated rings. The van der Waals surface area contributed by atoms with E-state index < -0.39 is 0 Å². The minimum atomic E-state index is 0.600. The number of nitrogens with zero attached hydrogens (tertiary/aromatic N) is 4. The second kappa shape index (κ2) is 6.22. The average molecular weight is 254 g/mol. The van der Waals surface area contributed by atoms with Gasteiger partial charge in [0, 0.05) is 26.2 Å². The second-order valence-electron chi connectivity index (χ2n) is 4.75. The maximum atomic E-state index is 9.21. The van der Waals surface area contributed by atoms with Crippen molar-refractivity contribution >= 4 is 5.69 Å². The lowest BCUT2D eigenvalue weighted by Gasteiger charge is -2.36. The van der Waals surface area contributed by atoms with Crippen LogP contribution in [0.25, 0.3) is 0 Å². The summed E-state index contributed by atoms with van der Waals surface area (Å²) in [6.45, 7) is 7.07. The van der Waals surface area contributed by atoms with Gasteiger partial charge in [0.05, 0.1) is 16.8 Å². The van der Waals surface area contributed by atoms with Gasteiger partial charge in [-0.1, -0.05) is 13.0 Å². The van der Waals surface area contributed by atoms with E-state index in [0.717, 1.165) is 44.8 Å². The maximum Gasteiger partial charge on any atom is 0.101 e. The van der Waals surface area contributed by atoms with E-state index in [1.54, 1.807) is 18.2 Å². The molecule has 1 saturated heterocycles. The molecule has 0 atom stereocenters. The summed E-state index contributed by atoms with van der Waals surface area (Å²) in [7, 11) is 0. The predicted octanol–water partition coefficient (Wildman–Crippen LogP) is 1.96. The first kappa shape index (κ1) is 13.4. The number of hydrogen-bond donors (Lipinski definition) is 0. The molecule has 4 nitrogen and oxygen atoms in total. The van der Waals surface area contributed by atoms with Gasteiger partial charge in [0.15, 0.2) is 0 Å². The Bertz CT molecular complexity index is 484. The Morgan fingerprint density at radius 2 is 1.63 bits per heavy atom. The molecule has 1 heterocycles. The molecule has 0 amide bonds. The summed E-state index contributed by atoms with van der Waals surface area (Å²) in [6.07, 6.45) is 1.16. The van der Waals surface area contributed by atoms with Crippen molar-refractivity contribution in [3.8, 4) is 12.1 Å². The van der Waals surface area contributed by atoms with Gasteiger partial charge in [-0.25, -0.2) is 0 Å². The van der Waals surface area contributed by atoms with Gasteiger partial charge in [0.1, 0.15) is 12.1 Å². The fraction of sp³-hybridized carbons (Fsp3) is 0.467. The number of benzene rings is 1. The van der Waals surface area contributed by atoms with Crippen LogP contribution < -0.4 is 4.90 Å². The van der Waals surface area contributed by atoms with Gasteiger partial charge >= 0.3 is 0 Å². The Labute approximate surface area is 114 Å². The molecule has 19 heavy (non-hydrogen) atoms. The van der Waals surface area contributed by atoms with E-state index in [9.17, 15) is 10.5 Å². The molecule has 0 unspecified atom stereocenters. The molecule has 1 aliphatic rings. The molecule has 1 aromatic carbocycles. The standard InChI is InChI=1S/C15H18N4/c1-2-6-18-7-9-19(10-8-18)15-13(11-16)4-3-5-14(15)12-17/h3-5H,2,6-10H2,1H3. The first-order valence-electron chi connectivity index (χ1n) is 6.70. The van der Waals surface area contributed by atoms with Crippen molar-refractivity contribution in [2.75, 3.05) is 37.6 Å². The van der Waals surface area contributed by atoms with E-state index in [-0.39, 0.29) is 0 Å². The van der Waals surface area contributed by atoms with Crippen molar-refractivity contribution in [3.63, 3.8) is 0 Å². The van der Waals surface area contributed by atoms with Gasteiger partial charge in [-0.2, -0.15) is 10.5 Å². The van der Waals surface area contributed by atoms with Crippen LogP contribution in [-0.2, 0) is 0 Å². The van der Waals surface area contributed by atoms with Crippen molar-refractivity contribution in [3.05, 3.63) is 29.3 Å². The molecule has 0 aromatic heterocycles. The average Bonchev–Trinajstić information content (AvgIpc) is 2.47. The maximum absolute atomic E-state index is 9.21. The Morgan fingerprint density at radius 1 is 1.05 bits per heavy atom. The molecule has 98 valence electrons. The Hall–Kier alpha value is -2.04. The van der Waals surface area contributed by atoms with E-state index >= 15 is 0 Å². The van der Waals surface area contributed by atoms with Gasteiger partial charge in [-0.3, -0.25) is 4.90 Å². The largest absolute Gasteiger partial charge is 0.367 e. The number of nitriles is 2. The van der Waals surface area contributed by atoms with Crippen LogP contribution in [0, 0.1) is 22.7 Å². The molecule has 0 bridgehead atoms. The molecule has 0 radical (unpaired) electrons. The molecule has 1 aliphatic heterocycles. The molecule has 1 aromatic rings. The van der Waals surface area contributed by atoms with Crippen LogP contribution in [0.15, 0.2) is 18.2 Å². The van der Waals surface area contributed by atoms with E-state index in [4.69, 9.17) is 0 Å². The van der Waals surface area contributed by atoms with Crippen molar-refractivity contribution in [1.82, 2.24) is 4.90 Å². The first-order valence-corrected chi connectivity index (χ1v) is 6.70. The van der Waals surface area contributed by atoms with Gasteiger partial charge < -0.3 is 4.90 Å². The molecule has 0 spiro atoms. The van der Waals surface area contributed by atoms with Crippen LogP contribution in [0.3, 0.4) is 0 Å². The number of piperazine rings is 1. The van der Waals surface area contributed by atoms with Gasteiger partial charge in [-0.05, 0) is 25.1 Å². The quantitative estimate of drug-likeness (QED) is 0.827. The summed E-state index contributed by atoms with van der Waals surface area (Å²) in [4.78, 5) is 4.60. The molecule has 0 N–H and O–H groups in total. The van der Waals surface area contributed by atoms with Crippen molar-refractivity contribution in [2.24, 2.45) is 0 Å². The van der Waals surface area contributed by atoms with Gasteiger partial charge in [0.2, 0.25) is 0 Å². The lowest BCUT2D eigenvalue weighted by atomic mass is 10.1. The topological polar surface area (TPSA) is 54.1 Å². The molecule has 2 rings (SSSR count). The normalized spacial score (nSPS) is 15.8. The number of para-hydroxylation sites is 1. The van der Waals surface area contributed by atoms with E-state index in [2.05, 4.69) is 28.9 Å². The van der Waals surface area contributed by atoms with Crippen molar-refractivity contribution < 1.29 is 0 Å². The predicted molar refractivity (Wildman–Crippen MR) is 74.8 cm³/mol. The van der Waals surface area contributed by atoms with Crippen LogP contribution in [0.1, 0.15) is 24.5 Å². The highest BCUT2D eigenvalue weighted by molar-refractivity contribution is 5.68. The zero-order chi connectivity index (χ0) is 13.7. The second-order valence-corrected chi connectivity index (χ2v) is 4.75. The summed E-state index contributed by atoms with van der Waals surface area (Å²) in [5, 5.41) is 18.4. The number of hydrogen-bond acceptors (Lipinski definition) is 4. The smallest absolute Gasteiger partial charge is 0.101 e. The van der Waals surface area contributed by atoms with Gasteiger partial charge in [-0.15, -0.1) is 0 Å². The van der Waals surface area contributed by atoms with E-state index in [1.165, 1.54) is 0 Å². The van der Waals surface area contributed by atoms with Crippen LogP contribution in [-0.4, -0.2) is 37.6 Å². The molecular weight excluding hydrogens is 236 g/mol. The van der Waals surface area contributed by atoms with Crippen LogP contribution >= 0.6 is 0 Å². The van der Waals surface area contributed by atoms with Crippen LogP contribution in [0.2, 0.25) is 0 Å². The molecule has 4 heteroatoms. The summed E-state index contributed by atoms with van der Waals surface area (Å²) in [5.41, 5.74) is 2.01. The molecule has 0 aliphatic carbocycles. The zero-order valence-corrected chi connectivity index (χ0v) is 11.3. The monoisotopic (exact) mass is 254 g/mol. The third-order valence-corrected chi connectivity index (χ3v) is 3.51. The van der Waals surface area contributed by atoms with Crippen LogP contribution in [0.4, 0.5) is 5.69 Å². The minimum Gasteiger partial charge on any atom is -0.367 e. The van der Waals surface area contributed by atoms with Crippen molar-refractivity contribution in [2.45, 2.75) is 13.3 Å². The molecule has 0 saturated carbocycles. The third kappa shape index (κ3) is 2.86. The Kier molecular flexibility index (Phi) is 4.39. The van der Waals surface area contributed by atoms with Gasteiger partial charge in [0.25, 0.3) is 0 Å². The highest BCUT2D eigenvalue weighted by Gasteiger charge is 2.21. The van der Waals surface area contributed by atoms with Crippen molar-refractivity contribution in [1.29, 1.82) is 10.5 Å². The number of anilines is 1. The van der Waals surface area contributed by atoms with E-state index in [0.29, 0.717) is 11.1 Å². The highest BCUT2D eigenvalue weighted by atomic mass is 15.3. The lowest BCUT2D eigenvalue weighted by Crippen LogP contribution is -2.47. The highest BCUT2D eigenvalue weighted by Crippen LogP contribution is 2.25. The number of rotatable bonds is 3. The summed E-state index contributed by atoms with van der Waals surface area (Å²) >= 11 is 0. The fourth-order valence-corrected chi connectivity index (χ4v) is 2.58. The fourth-order valence-electron chi connectivity index (χ4n) is 2.58. The Balaban J connectivity index is 2.20. The Morgan fingerprint density at radius 3 is 2.11 bits per heavy atom. The third-order valence-electron chi connectivity index (χ3n) is 3.51. The summed E-state index contributed by atoms with van der Waals surface area (Å²) in [5.74, 6) is 0. The summed E-state index contributed by atoms with van der Waals surface area (Å²) < 4.78 is 0. The first-order chi connectivity index (χ1) is 9.30. The van der Waals surface area contributed by atoms with E-state index in [1.807, 2.05) is 0 Å². The minimum absolute atomic E-state index is 0.600. The summed E-state index contributed by atoms with van der Waals surface area (Å²) in [6, 6.07) is 9.74. The SMILES string of the molecule is CCCN1CCN(c2c(C#N)cccc2C#N)CC1. The zero-order valence-electron chi connectivity index (χ0n) is 11.3.